The molecule has 2 heterocycles. The smallest absolute Gasteiger partial charge is 0.0368 e. The molecule has 1 aliphatic carbocycles. The Labute approximate surface area is 85.7 Å². The van der Waals surface area contributed by atoms with E-state index in [0.717, 1.165) is 12.0 Å². The highest BCUT2D eigenvalue weighted by molar-refractivity contribution is 5.48. The summed E-state index contributed by atoms with van der Waals surface area (Å²) in [7, 11) is 0. The van der Waals surface area contributed by atoms with Crippen molar-refractivity contribution < 1.29 is 0 Å². The van der Waals surface area contributed by atoms with Gasteiger partial charge in [-0.2, -0.15) is 0 Å². The third kappa shape index (κ3) is 1.31. The number of anilines is 1. The maximum absolute atomic E-state index is 2.62. The van der Waals surface area contributed by atoms with Crippen LogP contribution in [0.3, 0.4) is 0 Å². The van der Waals surface area contributed by atoms with Crippen LogP contribution in [-0.4, -0.2) is 12.6 Å². The molecule has 0 unspecified atom stereocenters. The van der Waals surface area contributed by atoms with Crippen LogP contribution in [-0.2, 0) is 0 Å². The van der Waals surface area contributed by atoms with Gasteiger partial charge in [-0.1, -0.05) is 18.2 Å². The van der Waals surface area contributed by atoms with Crippen LogP contribution in [0.1, 0.15) is 25.7 Å². The van der Waals surface area contributed by atoms with Crippen LogP contribution in [0.2, 0.25) is 0 Å². The molecule has 0 aromatic heterocycles. The predicted molar refractivity (Wildman–Crippen MR) is 59.5 cm³/mol. The van der Waals surface area contributed by atoms with Crippen molar-refractivity contribution in [2.24, 2.45) is 5.92 Å². The molecule has 0 amide bonds. The molecule has 2 aliphatic heterocycles. The van der Waals surface area contributed by atoms with Gasteiger partial charge in [0.15, 0.2) is 0 Å². The second kappa shape index (κ2) is 3.30. The van der Waals surface area contributed by atoms with Crippen LogP contribution in [0.4, 0.5) is 5.69 Å². The molecule has 74 valence electrons. The van der Waals surface area contributed by atoms with E-state index < -0.39 is 0 Å². The maximum Gasteiger partial charge on any atom is 0.0368 e. The molecule has 1 nitrogen and oxygen atoms in total. The first-order chi connectivity index (χ1) is 6.93. The molecule has 3 fully saturated rings. The summed E-state index contributed by atoms with van der Waals surface area (Å²) in [5.41, 5.74) is 1.43. The third-order valence-electron chi connectivity index (χ3n) is 3.80. The quantitative estimate of drug-likeness (QED) is 0.653. The van der Waals surface area contributed by atoms with Crippen molar-refractivity contribution in [3.8, 4) is 0 Å². The summed E-state index contributed by atoms with van der Waals surface area (Å²) in [6, 6.07) is 11.7. The van der Waals surface area contributed by atoms with E-state index in [2.05, 4.69) is 35.2 Å². The van der Waals surface area contributed by atoms with Crippen molar-refractivity contribution in [2.45, 2.75) is 31.7 Å². The largest absolute Gasteiger partial charge is 0.368 e. The molecule has 14 heavy (non-hydrogen) atoms. The van der Waals surface area contributed by atoms with Crippen molar-refractivity contribution >= 4 is 5.69 Å². The lowest BCUT2D eigenvalue weighted by atomic mass is 9.80. The summed E-state index contributed by atoms with van der Waals surface area (Å²) in [4.78, 5) is 2.62. The highest BCUT2D eigenvalue weighted by Gasteiger charge is 2.33. The van der Waals surface area contributed by atoms with Gasteiger partial charge in [0.05, 0.1) is 0 Å². The summed E-state index contributed by atoms with van der Waals surface area (Å²) in [5, 5.41) is 0. The van der Waals surface area contributed by atoms with E-state index in [0.29, 0.717) is 0 Å². The van der Waals surface area contributed by atoms with Gasteiger partial charge in [0, 0.05) is 18.3 Å². The molecular formula is C13H17N. The van der Waals surface area contributed by atoms with Crippen molar-refractivity contribution in [3.63, 3.8) is 0 Å². The highest BCUT2D eigenvalue weighted by Crippen LogP contribution is 2.37. The van der Waals surface area contributed by atoms with Gasteiger partial charge in [0.2, 0.25) is 0 Å². The van der Waals surface area contributed by atoms with Crippen LogP contribution in [0.25, 0.3) is 0 Å². The molecule has 1 aromatic rings. The van der Waals surface area contributed by atoms with E-state index in [1.807, 2.05) is 0 Å². The summed E-state index contributed by atoms with van der Waals surface area (Å²) in [5.74, 6) is 0.972. The second-order valence-electron chi connectivity index (χ2n) is 4.66. The fourth-order valence-electron chi connectivity index (χ4n) is 3.00. The molecule has 0 atom stereocenters. The summed E-state index contributed by atoms with van der Waals surface area (Å²) < 4.78 is 0. The Balaban J connectivity index is 1.86. The van der Waals surface area contributed by atoms with E-state index in [-0.39, 0.29) is 0 Å². The molecular weight excluding hydrogens is 170 g/mol. The second-order valence-corrected chi connectivity index (χ2v) is 4.66. The van der Waals surface area contributed by atoms with Crippen molar-refractivity contribution in [1.82, 2.24) is 0 Å². The Morgan fingerprint density at radius 3 is 2.21 bits per heavy atom. The number of benzene rings is 1. The third-order valence-corrected chi connectivity index (χ3v) is 3.80. The van der Waals surface area contributed by atoms with Crippen molar-refractivity contribution in [2.75, 3.05) is 11.4 Å². The van der Waals surface area contributed by atoms with Gasteiger partial charge in [-0.15, -0.1) is 0 Å². The summed E-state index contributed by atoms with van der Waals surface area (Å²) in [6.45, 7) is 1.30. The monoisotopic (exact) mass is 187 g/mol. The molecule has 2 bridgehead atoms. The fourth-order valence-corrected chi connectivity index (χ4v) is 3.00. The first-order valence-corrected chi connectivity index (χ1v) is 5.75. The standard InChI is InChI=1S/C13H17N/c1-2-4-12(5-3-1)14-10-11-6-8-13(14)9-7-11/h1-5,11,13H,6-10H2. The zero-order chi connectivity index (χ0) is 9.38. The lowest BCUT2D eigenvalue weighted by Crippen LogP contribution is -2.48. The highest BCUT2D eigenvalue weighted by atomic mass is 15.2. The minimum absolute atomic E-state index is 0.836. The fraction of sp³-hybridized carbons (Fsp3) is 0.538. The van der Waals surface area contributed by atoms with Crippen LogP contribution in [0.15, 0.2) is 30.3 Å². The molecule has 0 spiro atoms. The van der Waals surface area contributed by atoms with Gasteiger partial charge in [0.1, 0.15) is 0 Å². The first kappa shape index (κ1) is 8.34. The van der Waals surface area contributed by atoms with Gasteiger partial charge in [-0.3, -0.25) is 0 Å². The van der Waals surface area contributed by atoms with Crippen molar-refractivity contribution in [1.29, 1.82) is 0 Å². The number of para-hydroxylation sites is 1. The maximum atomic E-state index is 2.62. The van der Waals surface area contributed by atoms with Gasteiger partial charge in [-0.05, 0) is 43.7 Å². The number of hydrogen-bond acceptors (Lipinski definition) is 1. The minimum Gasteiger partial charge on any atom is -0.368 e. The van der Waals surface area contributed by atoms with Crippen LogP contribution >= 0.6 is 0 Å². The van der Waals surface area contributed by atoms with Crippen LogP contribution in [0.5, 0.6) is 0 Å². The van der Waals surface area contributed by atoms with E-state index in [1.54, 1.807) is 0 Å². The SMILES string of the molecule is c1ccc(N2CC3CCC2CC3)cc1. The lowest BCUT2D eigenvalue weighted by molar-refractivity contribution is 0.252. The number of nitrogens with zero attached hydrogens (tertiary/aromatic N) is 1. The molecule has 2 saturated heterocycles. The number of hydrogen-bond donors (Lipinski definition) is 0. The average molecular weight is 187 g/mol. The van der Waals surface area contributed by atoms with Gasteiger partial charge >= 0.3 is 0 Å². The number of piperidine rings is 2. The summed E-state index contributed by atoms with van der Waals surface area (Å²) >= 11 is 0. The predicted octanol–water partition coefficient (Wildman–Crippen LogP) is 3.07. The first-order valence-electron chi connectivity index (χ1n) is 5.75. The van der Waals surface area contributed by atoms with Gasteiger partial charge in [-0.25, -0.2) is 0 Å². The Bertz CT molecular complexity index is 298. The lowest BCUT2D eigenvalue weighted by Gasteiger charge is -2.46. The molecule has 1 aromatic carbocycles. The average Bonchev–Trinajstić information content (AvgIpc) is 2.32. The molecule has 1 saturated carbocycles. The molecule has 1 heteroatoms. The van der Waals surface area contributed by atoms with E-state index in [4.69, 9.17) is 0 Å². The number of rotatable bonds is 1. The van der Waals surface area contributed by atoms with Crippen LogP contribution in [0, 0.1) is 5.92 Å². The topological polar surface area (TPSA) is 3.24 Å². The Hall–Kier alpha value is -0.980. The molecule has 3 aliphatic rings. The Morgan fingerprint density at radius 1 is 0.929 bits per heavy atom. The van der Waals surface area contributed by atoms with E-state index in [9.17, 15) is 0 Å². The minimum atomic E-state index is 0.836. The van der Waals surface area contributed by atoms with Crippen molar-refractivity contribution in [3.05, 3.63) is 30.3 Å². The van der Waals surface area contributed by atoms with Gasteiger partial charge in [0.25, 0.3) is 0 Å². The van der Waals surface area contributed by atoms with Gasteiger partial charge < -0.3 is 4.90 Å². The zero-order valence-corrected chi connectivity index (χ0v) is 8.52. The zero-order valence-electron chi connectivity index (χ0n) is 8.52. The normalized spacial score (nSPS) is 30.7. The molecule has 0 radical (unpaired) electrons. The number of fused-ring (bicyclic) bond motifs is 3. The Kier molecular flexibility index (Phi) is 1.97. The Morgan fingerprint density at radius 2 is 1.64 bits per heavy atom. The summed E-state index contributed by atoms with van der Waals surface area (Å²) in [6.07, 6.45) is 5.77. The van der Waals surface area contributed by atoms with Crippen LogP contribution < -0.4 is 4.90 Å². The van der Waals surface area contributed by atoms with E-state index >= 15 is 0 Å². The van der Waals surface area contributed by atoms with E-state index in [1.165, 1.54) is 37.9 Å². The molecule has 4 rings (SSSR count). The molecule has 0 N–H and O–H groups in total.